The molecule has 0 aromatic carbocycles. The van der Waals surface area contributed by atoms with E-state index in [0.717, 1.165) is 30.3 Å². The molecule has 0 saturated carbocycles. The van der Waals surface area contributed by atoms with Gasteiger partial charge in [-0.1, -0.05) is 0 Å². The lowest BCUT2D eigenvalue weighted by Crippen LogP contribution is -2.36. The summed E-state index contributed by atoms with van der Waals surface area (Å²) in [6.45, 7) is 6.39. The molecule has 0 amide bonds. The highest BCUT2D eigenvalue weighted by Crippen LogP contribution is 2.12. The van der Waals surface area contributed by atoms with Gasteiger partial charge in [0.1, 0.15) is 5.82 Å². The summed E-state index contributed by atoms with van der Waals surface area (Å²) >= 11 is 2.04. The first-order chi connectivity index (χ1) is 8.25. The summed E-state index contributed by atoms with van der Waals surface area (Å²) in [6.07, 6.45) is 0. The summed E-state index contributed by atoms with van der Waals surface area (Å²) in [6, 6.07) is 3.84. The van der Waals surface area contributed by atoms with Gasteiger partial charge in [0, 0.05) is 37.7 Å². The van der Waals surface area contributed by atoms with Crippen LogP contribution >= 0.6 is 11.8 Å². The Morgan fingerprint density at radius 3 is 2.88 bits per heavy atom. The fourth-order valence-corrected chi connectivity index (χ4v) is 2.82. The molecule has 0 spiro atoms. The fourth-order valence-electron chi connectivity index (χ4n) is 1.84. The minimum Gasteiger partial charge on any atom is -0.397 e. The largest absolute Gasteiger partial charge is 0.397 e. The van der Waals surface area contributed by atoms with Crippen molar-refractivity contribution in [2.24, 2.45) is 0 Å². The monoisotopic (exact) mass is 252 g/mol. The molecule has 1 aromatic heterocycles. The second kappa shape index (κ2) is 6.12. The minimum atomic E-state index is 0.753. The zero-order valence-corrected chi connectivity index (χ0v) is 11.1. The van der Waals surface area contributed by atoms with Crippen molar-refractivity contribution in [1.29, 1.82) is 0 Å². The van der Waals surface area contributed by atoms with Gasteiger partial charge in [-0.2, -0.15) is 11.8 Å². The van der Waals surface area contributed by atoms with E-state index in [4.69, 9.17) is 5.73 Å². The SMILES string of the molecule is Cc1nc(NCCN2CCSCC2)ccc1N. The van der Waals surface area contributed by atoms with Gasteiger partial charge < -0.3 is 11.1 Å². The van der Waals surface area contributed by atoms with E-state index in [9.17, 15) is 0 Å². The standard InChI is InChI=1S/C12H20N4S/c1-10-11(13)2-3-12(15-10)14-4-5-16-6-8-17-9-7-16/h2-3H,4-9,13H2,1H3,(H,14,15). The number of aryl methyl sites for hydroxylation is 1. The summed E-state index contributed by atoms with van der Waals surface area (Å²) in [5.41, 5.74) is 7.38. The van der Waals surface area contributed by atoms with Crippen molar-refractivity contribution in [3.63, 3.8) is 0 Å². The van der Waals surface area contributed by atoms with Crippen LogP contribution in [0.25, 0.3) is 0 Å². The van der Waals surface area contributed by atoms with Crippen LogP contribution in [-0.2, 0) is 0 Å². The van der Waals surface area contributed by atoms with Gasteiger partial charge in [-0.05, 0) is 19.1 Å². The Labute approximate surface area is 107 Å². The smallest absolute Gasteiger partial charge is 0.126 e. The molecule has 1 aliphatic heterocycles. The van der Waals surface area contributed by atoms with E-state index in [1.165, 1.54) is 24.6 Å². The highest BCUT2D eigenvalue weighted by Gasteiger charge is 2.09. The number of thioether (sulfide) groups is 1. The number of anilines is 2. The number of nitrogen functional groups attached to an aromatic ring is 1. The highest BCUT2D eigenvalue weighted by atomic mass is 32.2. The van der Waals surface area contributed by atoms with E-state index in [-0.39, 0.29) is 0 Å². The predicted octanol–water partition coefficient (Wildman–Crippen LogP) is 1.43. The summed E-state index contributed by atoms with van der Waals surface area (Å²) in [4.78, 5) is 6.89. The second-order valence-corrected chi connectivity index (χ2v) is 5.48. The van der Waals surface area contributed by atoms with Crippen LogP contribution in [-0.4, -0.2) is 47.6 Å². The van der Waals surface area contributed by atoms with Gasteiger partial charge in [-0.25, -0.2) is 4.98 Å². The van der Waals surface area contributed by atoms with Gasteiger partial charge in [-0.3, -0.25) is 4.90 Å². The highest BCUT2D eigenvalue weighted by molar-refractivity contribution is 7.99. The van der Waals surface area contributed by atoms with Crippen LogP contribution < -0.4 is 11.1 Å². The maximum atomic E-state index is 5.73. The minimum absolute atomic E-state index is 0.753. The quantitative estimate of drug-likeness (QED) is 0.849. The van der Waals surface area contributed by atoms with Crippen molar-refractivity contribution in [2.75, 3.05) is 48.7 Å². The van der Waals surface area contributed by atoms with Crippen LogP contribution in [0.2, 0.25) is 0 Å². The predicted molar refractivity (Wildman–Crippen MR) is 75.6 cm³/mol. The number of nitrogens with two attached hydrogens (primary N) is 1. The molecule has 0 atom stereocenters. The van der Waals surface area contributed by atoms with E-state index in [2.05, 4.69) is 15.2 Å². The molecule has 1 aliphatic rings. The fraction of sp³-hybridized carbons (Fsp3) is 0.583. The molecule has 1 aromatic rings. The molecule has 94 valence electrons. The molecule has 1 fully saturated rings. The second-order valence-electron chi connectivity index (χ2n) is 4.25. The molecule has 0 radical (unpaired) electrons. The van der Waals surface area contributed by atoms with Gasteiger partial charge in [0.05, 0.1) is 11.4 Å². The number of hydrogen-bond donors (Lipinski definition) is 2. The van der Waals surface area contributed by atoms with Crippen molar-refractivity contribution >= 4 is 23.3 Å². The molecule has 2 heterocycles. The van der Waals surface area contributed by atoms with E-state index >= 15 is 0 Å². The Morgan fingerprint density at radius 1 is 1.41 bits per heavy atom. The molecule has 3 N–H and O–H groups in total. The van der Waals surface area contributed by atoms with Crippen LogP contribution in [0, 0.1) is 6.92 Å². The number of nitrogens with one attached hydrogen (secondary N) is 1. The first-order valence-corrected chi connectivity index (χ1v) is 7.18. The molecule has 1 saturated heterocycles. The number of nitrogens with zero attached hydrogens (tertiary/aromatic N) is 2. The molecule has 0 aliphatic carbocycles. The topological polar surface area (TPSA) is 54.2 Å². The molecule has 0 bridgehead atoms. The molecule has 2 rings (SSSR count). The third-order valence-corrected chi connectivity index (χ3v) is 3.91. The average Bonchev–Trinajstić information content (AvgIpc) is 2.35. The van der Waals surface area contributed by atoms with E-state index in [0.29, 0.717) is 0 Å². The lowest BCUT2D eigenvalue weighted by Gasteiger charge is -2.26. The van der Waals surface area contributed by atoms with Crippen LogP contribution in [0.3, 0.4) is 0 Å². The Balaban J connectivity index is 1.75. The lowest BCUT2D eigenvalue weighted by atomic mass is 10.3. The van der Waals surface area contributed by atoms with E-state index < -0.39 is 0 Å². The van der Waals surface area contributed by atoms with E-state index in [1.54, 1.807) is 0 Å². The van der Waals surface area contributed by atoms with Crippen LogP contribution in [0.1, 0.15) is 5.69 Å². The Morgan fingerprint density at radius 2 is 2.18 bits per heavy atom. The van der Waals surface area contributed by atoms with Crippen molar-refractivity contribution in [2.45, 2.75) is 6.92 Å². The summed E-state index contributed by atoms with van der Waals surface area (Å²) in [7, 11) is 0. The third kappa shape index (κ3) is 3.78. The Hall–Kier alpha value is -0.940. The Bertz CT molecular complexity index is 364. The maximum Gasteiger partial charge on any atom is 0.126 e. The average molecular weight is 252 g/mol. The summed E-state index contributed by atoms with van der Waals surface area (Å²) in [5.74, 6) is 3.45. The molecule has 0 unspecified atom stereocenters. The number of hydrogen-bond acceptors (Lipinski definition) is 5. The summed E-state index contributed by atoms with van der Waals surface area (Å²) < 4.78 is 0. The number of pyridine rings is 1. The molecular formula is C12H20N4S. The van der Waals surface area contributed by atoms with Crippen LogP contribution in [0.4, 0.5) is 11.5 Å². The first kappa shape index (κ1) is 12.5. The van der Waals surface area contributed by atoms with Crippen molar-refractivity contribution in [3.05, 3.63) is 17.8 Å². The summed E-state index contributed by atoms with van der Waals surface area (Å²) in [5, 5.41) is 3.34. The van der Waals surface area contributed by atoms with Gasteiger partial charge in [-0.15, -0.1) is 0 Å². The normalized spacial score (nSPS) is 17.0. The van der Waals surface area contributed by atoms with Gasteiger partial charge in [0.25, 0.3) is 0 Å². The zero-order valence-electron chi connectivity index (χ0n) is 10.3. The zero-order chi connectivity index (χ0) is 12.1. The van der Waals surface area contributed by atoms with E-state index in [1.807, 2.05) is 30.8 Å². The van der Waals surface area contributed by atoms with Gasteiger partial charge >= 0.3 is 0 Å². The molecule has 4 nitrogen and oxygen atoms in total. The van der Waals surface area contributed by atoms with Crippen LogP contribution in [0.5, 0.6) is 0 Å². The molecule has 17 heavy (non-hydrogen) atoms. The third-order valence-electron chi connectivity index (χ3n) is 2.96. The van der Waals surface area contributed by atoms with Crippen LogP contribution in [0.15, 0.2) is 12.1 Å². The molecular weight excluding hydrogens is 232 g/mol. The Kier molecular flexibility index (Phi) is 4.50. The first-order valence-electron chi connectivity index (χ1n) is 6.03. The van der Waals surface area contributed by atoms with Gasteiger partial charge in [0.15, 0.2) is 0 Å². The van der Waals surface area contributed by atoms with Crippen molar-refractivity contribution in [1.82, 2.24) is 9.88 Å². The van der Waals surface area contributed by atoms with Crippen molar-refractivity contribution < 1.29 is 0 Å². The molecule has 5 heteroatoms. The van der Waals surface area contributed by atoms with Gasteiger partial charge in [0.2, 0.25) is 0 Å². The van der Waals surface area contributed by atoms with Crippen molar-refractivity contribution in [3.8, 4) is 0 Å². The maximum absolute atomic E-state index is 5.73. The number of rotatable bonds is 4. The lowest BCUT2D eigenvalue weighted by molar-refractivity contribution is 0.314. The number of aromatic nitrogens is 1.